The van der Waals surface area contributed by atoms with Crippen LogP contribution in [0.3, 0.4) is 0 Å². The number of thiophene rings is 1. The van der Waals surface area contributed by atoms with Crippen LogP contribution in [0.5, 0.6) is 11.5 Å². The minimum absolute atomic E-state index is 0.454. The third-order valence-electron chi connectivity index (χ3n) is 4.99. The standard InChI is InChI=1S/C20H21N3O3S/c1-12-3-6-17(27-12)14-9-15-11-23(7-8-25-18(15)16(10-14)24-2)20-21-19(26-22-20)13-4-5-13/h3,6,9-10,13H,4-5,7-8,11H2,1-2H3. The van der Waals surface area contributed by atoms with Crippen LogP contribution in [0.25, 0.3) is 10.4 Å². The van der Waals surface area contributed by atoms with E-state index in [2.05, 4.69) is 46.2 Å². The maximum atomic E-state index is 6.04. The molecule has 5 rings (SSSR count). The van der Waals surface area contributed by atoms with Crippen LogP contribution >= 0.6 is 11.3 Å². The molecule has 0 bridgehead atoms. The van der Waals surface area contributed by atoms with E-state index in [4.69, 9.17) is 14.0 Å². The van der Waals surface area contributed by atoms with E-state index in [0.29, 0.717) is 31.6 Å². The number of methoxy groups -OCH3 is 1. The Morgan fingerprint density at radius 1 is 1.26 bits per heavy atom. The Kier molecular flexibility index (Phi) is 4.04. The summed E-state index contributed by atoms with van der Waals surface area (Å²) in [6.07, 6.45) is 2.29. The molecule has 1 aromatic carbocycles. The van der Waals surface area contributed by atoms with Gasteiger partial charge in [-0.1, -0.05) is 0 Å². The van der Waals surface area contributed by atoms with E-state index in [1.165, 1.54) is 9.75 Å². The molecule has 0 atom stereocenters. The van der Waals surface area contributed by atoms with Gasteiger partial charge in [0, 0.05) is 27.8 Å². The summed E-state index contributed by atoms with van der Waals surface area (Å²) in [7, 11) is 1.69. The molecule has 1 aliphatic carbocycles. The van der Waals surface area contributed by atoms with E-state index < -0.39 is 0 Å². The van der Waals surface area contributed by atoms with Crippen LogP contribution in [0.1, 0.15) is 35.1 Å². The lowest BCUT2D eigenvalue weighted by atomic mass is 10.1. The molecule has 3 heterocycles. The van der Waals surface area contributed by atoms with Crippen molar-refractivity contribution in [2.75, 3.05) is 25.2 Å². The smallest absolute Gasteiger partial charge is 0.266 e. The highest BCUT2D eigenvalue weighted by Crippen LogP contribution is 2.41. The van der Waals surface area contributed by atoms with Crippen molar-refractivity contribution in [2.24, 2.45) is 0 Å². The molecule has 1 fully saturated rings. The molecule has 0 amide bonds. The van der Waals surface area contributed by atoms with Crippen LogP contribution in [0.4, 0.5) is 5.95 Å². The monoisotopic (exact) mass is 383 g/mol. The molecule has 6 nitrogen and oxygen atoms in total. The number of hydrogen-bond donors (Lipinski definition) is 0. The second-order valence-electron chi connectivity index (χ2n) is 7.05. The fourth-order valence-corrected chi connectivity index (χ4v) is 4.24. The van der Waals surface area contributed by atoms with Gasteiger partial charge in [-0.15, -0.1) is 11.3 Å². The Labute approximate surface area is 161 Å². The van der Waals surface area contributed by atoms with Crippen LogP contribution in [0, 0.1) is 6.92 Å². The van der Waals surface area contributed by atoms with Crippen molar-refractivity contribution < 1.29 is 14.0 Å². The fourth-order valence-electron chi connectivity index (χ4n) is 3.39. The van der Waals surface area contributed by atoms with Crippen molar-refractivity contribution in [1.82, 2.24) is 10.1 Å². The lowest BCUT2D eigenvalue weighted by Gasteiger charge is -2.17. The lowest BCUT2D eigenvalue weighted by molar-refractivity contribution is 0.305. The summed E-state index contributed by atoms with van der Waals surface area (Å²) in [6, 6.07) is 8.53. The molecule has 1 aliphatic heterocycles. The van der Waals surface area contributed by atoms with Crippen LogP contribution < -0.4 is 14.4 Å². The Hall–Kier alpha value is -2.54. The number of fused-ring (bicyclic) bond motifs is 1. The number of rotatable bonds is 4. The molecule has 7 heteroatoms. The van der Waals surface area contributed by atoms with E-state index in [-0.39, 0.29) is 0 Å². The molecule has 2 aromatic heterocycles. The van der Waals surface area contributed by atoms with Crippen molar-refractivity contribution >= 4 is 17.3 Å². The summed E-state index contributed by atoms with van der Waals surface area (Å²) in [4.78, 5) is 9.23. The minimum atomic E-state index is 0.454. The SMILES string of the molecule is COc1cc(-c2ccc(C)s2)cc2c1OCCN(c1noc(C3CC3)n1)C2. The summed E-state index contributed by atoms with van der Waals surface area (Å²) < 4.78 is 17.1. The second-order valence-corrected chi connectivity index (χ2v) is 8.34. The van der Waals surface area contributed by atoms with Gasteiger partial charge in [0.05, 0.1) is 13.7 Å². The van der Waals surface area contributed by atoms with Gasteiger partial charge < -0.3 is 18.9 Å². The quantitative estimate of drug-likeness (QED) is 0.666. The maximum absolute atomic E-state index is 6.04. The van der Waals surface area contributed by atoms with Crippen molar-refractivity contribution in [2.45, 2.75) is 32.2 Å². The number of hydrogen-bond acceptors (Lipinski definition) is 7. The third kappa shape index (κ3) is 3.16. The third-order valence-corrected chi connectivity index (χ3v) is 6.04. The van der Waals surface area contributed by atoms with Crippen molar-refractivity contribution in [3.8, 4) is 21.9 Å². The first-order valence-electron chi connectivity index (χ1n) is 9.20. The van der Waals surface area contributed by atoms with Gasteiger partial charge in [-0.2, -0.15) is 4.98 Å². The molecule has 140 valence electrons. The average Bonchev–Trinajstić information content (AvgIpc) is 3.32. The van der Waals surface area contributed by atoms with Gasteiger partial charge in [-0.3, -0.25) is 0 Å². The molecule has 0 saturated heterocycles. The predicted molar refractivity (Wildman–Crippen MR) is 104 cm³/mol. The second kappa shape index (κ2) is 6.56. The summed E-state index contributed by atoms with van der Waals surface area (Å²) in [6.45, 7) is 4.03. The van der Waals surface area contributed by atoms with Crippen molar-refractivity contribution in [3.05, 3.63) is 40.6 Å². The van der Waals surface area contributed by atoms with Gasteiger partial charge >= 0.3 is 0 Å². The number of benzene rings is 1. The largest absolute Gasteiger partial charge is 0.493 e. The molecular formula is C20H21N3O3S. The Balaban J connectivity index is 1.51. The number of aryl methyl sites for hydroxylation is 1. The molecule has 27 heavy (non-hydrogen) atoms. The summed E-state index contributed by atoms with van der Waals surface area (Å²) >= 11 is 1.78. The zero-order valence-electron chi connectivity index (χ0n) is 15.4. The first kappa shape index (κ1) is 16.6. The lowest BCUT2D eigenvalue weighted by Crippen LogP contribution is -2.26. The van der Waals surface area contributed by atoms with Crippen molar-refractivity contribution in [3.63, 3.8) is 0 Å². The van der Waals surface area contributed by atoms with Gasteiger partial charge in [0.25, 0.3) is 5.95 Å². The normalized spacial score (nSPS) is 16.6. The Bertz CT molecular complexity index is 977. The van der Waals surface area contributed by atoms with Crippen LogP contribution in [0.2, 0.25) is 0 Å². The maximum Gasteiger partial charge on any atom is 0.266 e. The molecule has 0 spiro atoms. The van der Waals surface area contributed by atoms with Crippen LogP contribution in [0.15, 0.2) is 28.8 Å². The van der Waals surface area contributed by atoms with Crippen LogP contribution in [-0.4, -0.2) is 30.4 Å². The highest BCUT2D eigenvalue weighted by molar-refractivity contribution is 7.15. The van der Waals surface area contributed by atoms with Crippen LogP contribution in [-0.2, 0) is 6.54 Å². The van der Waals surface area contributed by atoms with Gasteiger partial charge in [-0.05, 0) is 54.8 Å². The van der Waals surface area contributed by atoms with E-state index in [0.717, 1.165) is 41.4 Å². The van der Waals surface area contributed by atoms with E-state index in [1.54, 1.807) is 18.4 Å². The predicted octanol–water partition coefficient (Wildman–Crippen LogP) is 4.39. The Morgan fingerprint density at radius 2 is 2.15 bits per heavy atom. The number of aromatic nitrogens is 2. The van der Waals surface area contributed by atoms with Crippen molar-refractivity contribution in [1.29, 1.82) is 0 Å². The first-order valence-corrected chi connectivity index (χ1v) is 10.0. The molecule has 0 radical (unpaired) electrons. The average molecular weight is 383 g/mol. The molecule has 0 unspecified atom stereocenters. The number of ether oxygens (including phenoxy) is 2. The molecule has 3 aromatic rings. The molecule has 1 saturated carbocycles. The van der Waals surface area contributed by atoms with Gasteiger partial charge in [0.15, 0.2) is 11.5 Å². The first-order chi connectivity index (χ1) is 13.2. The molecular weight excluding hydrogens is 362 g/mol. The summed E-state index contributed by atoms with van der Waals surface area (Å²) in [5.41, 5.74) is 2.21. The summed E-state index contributed by atoms with van der Waals surface area (Å²) in [5.74, 6) is 3.43. The fraction of sp³-hybridized carbons (Fsp3) is 0.400. The zero-order chi connectivity index (χ0) is 18.4. The van der Waals surface area contributed by atoms with E-state index >= 15 is 0 Å². The van der Waals surface area contributed by atoms with Gasteiger partial charge in [0.1, 0.15) is 6.61 Å². The molecule has 0 N–H and O–H groups in total. The van der Waals surface area contributed by atoms with E-state index in [9.17, 15) is 0 Å². The number of anilines is 1. The summed E-state index contributed by atoms with van der Waals surface area (Å²) in [5, 5.41) is 4.20. The van der Waals surface area contributed by atoms with Gasteiger partial charge in [-0.25, -0.2) is 0 Å². The molecule has 2 aliphatic rings. The zero-order valence-corrected chi connectivity index (χ0v) is 16.2. The topological polar surface area (TPSA) is 60.6 Å². The highest BCUT2D eigenvalue weighted by atomic mass is 32.1. The Morgan fingerprint density at radius 3 is 2.89 bits per heavy atom. The highest BCUT2D eigenvalue weighted by Gasteiger charge is 2.31. The van der Waals surface area contributed by atoms with E-state index in [1.807, 2.05) is 0 Å². The number of nitrogens with zero attached hydrogens (tertiary/aromatic N) is 3. The van der Waals surface area contributed by atoms with Gasteiger partial charge in [0.2, 0.25) is 5.89 Å². The minimum Gasteiger partial charge on any atom is -0.493 e.